The quantitative estimate of drug-likeness (QED) is 0.883. The molecule has 0 aliphatic rings. The molecular formula is C11H7ClFN3O4S. The number of hydrogen-bond acceptors (Lipinski definition) is 5. The second-order valence-corrected chi connectivity index (χ2v) is 5.85. The smallest absolute Gasteiger partial charge is 0.338 e. The predicted octanol–water partition coefficient (Wildman–Crippen LogP) is 1.77. The number of hydrogen-bond donors (Lipinski definition) is 2. The Bertz CT molecular complexity index is 799. The Kier molecular flexibility index (Phi) is 4.05. The standard InChI is InChI=1S/C11H7ClFN3O4S/c12-6-3-7(11(17)18)10(13)8(4-6)21(19,20)16-9-5-14-1-2-15-9/h1-5H,(H,15,16)(H,17,18). The number of carboxylic acid groups (broad SMARTS) is 1. The Balaban J connectivity index is 2.53. The van der Waals surface area contributed by atoms with Gasteiger partial charge in [-0.25, -0.2) is 22.6 Å². The number of carboxylic acids is 1. The molecule has 0 aliphatic heterocycles. The average Bonchev–Trinajstić information content (AvgIpc) is 2.41. The van der Waals surface area contributed by atoms with Gasteiger partial charge >= 0.3 is 5.97 Å². The summed E-state index contributed by atoms with van der Waals surface area (Å²) in [5, 5.41) is 8.61. The molecule has 7 nitrogen and oxygen atoms in total. The Morgan fingerprint density at radius 3 is 2.62 bits per heavy atom. The highest BCUT2D eigenvalue weighted by molar-refractivity contribution is 7.92. The van der Waals surface area contributed by atoms with Crippen LogP contribution >= 0.6 is 11.6 Å². The fourth-order valence-electron chi connectivity index (χ4n) is 1.46. The monoisotopic (exact) mass is 331 g/mol. The third kappa shape index (κ3) is 3.26. The molecule has 0 amide bonds. The van der Waals surface area contributed by atoms with Crippen LogP contribution in [0.15, 0.2) is 35.6 Å². The highest BCUT2D eigenvalue weighted by atomic mass is 35.5. The molecule has 0 aliphatic carbocycles. The minimum Gasteiger partial charge on any atom is -0.478 e. The first-order valence-corrected chi connectivity index (χ1v) is 7.18. The Labute approximate surface area is 123 Å². The maximum Gasteiger partial charge on any atom is 0.338 e. The summed E-state index contributed by atoms with van der Waals surface area (Å²) in [6, 6.07) is 1.63. The van der Waals surface area contributed by atoms with Crippen LogP contribution in [0, 0.1) is 5.82 Å². The van der Waals surface area contributed by atoms with Crippen molar-refractivity contribution in [2.45, 2.75) is 4.90 Å². The van der Waals surface area contributed by atoms with Crippen molar-refractivity contribution in [3.05, 3.63) is 47.1 Å². The molecule has 2 N–H and O–H groups in total. The van der Waals surface area contributed by atoms with E-state index in [1.165, 1.54) is 12.4 Å². The van der Waals surface area contributed by atoms with Crippen LogP contribution < -0.4 is 4.72 Å². The van der Waals surface area contributed by atoms with Gasteiger partial charge in [-0.05, 0) is 12.1 Å². The first-order valence-electron chi connectivity index (χ1n) is 5.32. The van der Waals surface area contributed by atoms with E-state index in [1.54, 1.807) is 0 Å². The predicted molar refractivity (Wildman–Crippen MR) is 71.2 cm³/mol. The number of nitrogens with one attached hydrogen (secondary N) is 1. The van der Waals surface area contributed by atoms with Gasteiger partial charge in [0.05, 0.1) is 11.8 Å². The topological polar surface area (TPSA) is 109 Å². The summed E-state index contributed by atoms with van der Waals surface area (Å²) in [5.41, 5.74) is -0.845. The molecular weight excluding hydrogens is 325 g/mol. The van der Waals surface area contributed by atoms with Crippen LogP contribution in [0.4, 0.5) is 10.2 Å². The zero-order valence-corrected chi connectivity index (χ0v) is 11.7. The molecule has 0 spiro atoms. The van der Waals surface area contributed by atoms with Crippen molar-refractivity contribution in [1.29, 1.82) is 0 Å². The minimum atomic E-state index is -4.40. The van der Waals surface area contributed by atoms with Gasteiger partial charge in [0.15, 0.2) is 11.6 Å². The van der Waals surface area contributed by atoms with Gasteiger partial charge < -0.3 is 5.11 Å². The first-order chi connectivity index (χ1) is 9.81. The summed E-state index contributed by atoms with van der Waals surface area (Å²) in [7, 11) is -4.40. The lowest BCUT2D eigenvalue weighted by Crippen LogP contribution is -2.17. The van der Waals surface area contributed by atoms with Gasteiger partial charge in [-0.2, -0.15) is 0 Å². The number of halogens is 2. The number of carbonyl (C=O) groups is 1. The van der Waals surface area contributed by atoms with E-state index in [2.05, 4.69) is 9.97 Å². The van der Waals surface area contributed by atoms with Gasteiger partial charge in [0.2, 0.25) is 0 Å². The molecule has 0 unspecified atom stereocenters. The molecule has 110 valence electrons. The van der Waals surface area contributed by atoms with Crippen LogP contribution in [0.1, 0.15) is 10.4 Å². The van der Waals surface area contributed by atoms with E-state index in [1.807, 2.05) is 4.72 Å². The molecule has 0 radical (unpaired) electrons. The Hall–Kier alpha value is -2.26. The van der Waals surface area contributed by atoms with Crippen LogP contribution in [-0.4, -0.2) is 29.5 Å². The zero-order chi connectivity index (χ0) is 15.6. The van der Waals surface area contributed by atoms with Crippen molar-refractivity contribution < 1.29 is 22.7 Å². The number of rotatable bonds is 4. The molecule has 1 heterocycles. The lowest BCUT2D eigenvalue weighted by Gasteiger charge is -2.09. The van der Waals surface area contributed by atoms with E-state index >= 15 is 0 Å². The minimum absolute atomic E-state index is 0.145. The van der Waals surface area contributed by atoms with Gasteiger partial charge in [-0.1, -0.05) is 11.6 Å². The molecule has 2 rings (SSSR count). The van der Waals surface area contributed by atoms with Crippen LogP contribution in [-0.2, 0) is 10.0 Å². The van der Waals surface area contributed by atoms with Gasteiger partial charge in [-0.3, -0.25) is 9.71 Å². The third-order valence-electron chi connectivity index (χ3n) is 2.33. The van der Waals surface area contributed by atoms with Crippen LogP contribution in [0.2, 0.25) is 5.02 Å². The van der Waals surface area contributed by atoms with E-state index in [9.17, 15) is 17.6 Å². The molecule has 21 heavy (non-hydrogen) atoms. The number of nitrogens with zero attached hydrogens (tertiary/aromatic N) is 2. The molecule has 0 saturated carbocycles. The van der Waals surface area contributed by atoms with Crippen molar-refractivity contribution >= 4 is 33.4 Å². The summed E-state index contributed by atoms with van der Waals surface area (Å²) in [4.78, 5) is 17.3. The van der Waals surface area contributed by atoms with Crippen molar-refractivity contribution in [2.24, 2.45) is 0 Å². The summed E-state index contributed by atoms with van der Waals surface area (Å²) in [5.74, 6) is -3.19. The Morgan fingerprint density at radius 2 is 2.05 bits per heavy atom. The number of benzene rings is 1. The van der Waals surface area contributed by atoms with E-state index < -0.39 is 32.3 Å². The van der Waals surface area contributed by atoms with Crippen LogP contribution in [0.25, 0.3) is 0 Å². The zero-order valence-electron chi connectivity index (χ0n) is 10.1. The number of aromatic carboxylic acids is 1. The van der Waals surface area contributed by atoms with Crippen molar-refractivity contribution in [2.75, 3.05) is 4.72 Å². The van der Waals surface area contributed by atoms with Crippen LogP contribution in [0.5, 0.6) is 0 Å². The largest absolute Gasteiger partial charge is 0.478 e. The summed E-state index contributed by atoms with van der Waals surface area (Å²) >= 11 is 5.62. The van der Waals surface area contributed by atoms with Gasteiger partial charge in [-0.15, -0.1) is 0 Å². The molecule has 0 saturated heterocycles. The summed E-state index contributed by atoms with van der Waals surface area (Å²) < 4.78 is 40.1. The van der Waals surface area contributed by atoms with Gasteiger partial charge in [0, 0.05) is 17.4 Å². The van der Waals surface area contributed by atoms with E-state index in [0.717, 1.165) is 18.3 Å². The highest BCUT2D eigenvalue weighted by Gasteiger charge is 2.25. The summed E-state index contributed by atoms with van der Waals surface area (Å²) in [6.45, 7) is 0. The van der Waals surface area contributed by atoms with Crippen molar-refractivity contribution in [3.8, 4) is 0 Å². The van der Waals surface area contributed by atoms with Crippen molar-refractivity contribution in [1.82, 2.24) is 9.97 Å². The number of anilines is 1. The number of aromatic nitrogens is 2. The van der Waals surface area contributed by atoms with Gasteiger partial charge in [0.1, 0.15) is 4.90 Å². The molecule has 10 heteroatoms. The maximum atomic E-state index is 14.0. The Morgan fingerprint density at radius 1 is 1.33 bits per heavy atom. The van der Waals surface area contributed by atoms with E-state index in [4.69, 9.17) is 16.7 Å². The molecule has 0 bridgehead atoms. The fourth-order valence-corrected chi connectivity index (χ4v) is 2.86. The highest BCUT2D eigenvalue weighted by Crippen LogP contribution is 2.25. The van der Waals surface area contributed by atoms with Gasteiger partial charge in [0.25, 0.3) is 10.0 Å². The molecule has 0 atom stereocenters. The second kappa shape index (κ2) is 5.62. The van der Waals surface area contributed by atoms with E-state index in [-0.39, 0.29) is 10.8 Å². The first kappa shape index (κ1) is 15.1. The third-order valence-corrected chi connectivity index (χ3v) is 3.90. The molecule has 1 aromatic carbocycles. The maximum absolute atomic E-state index is 14.0. The molecule has 1 aromatic heterocycles. The fraction of sp³-hybridized carbons (Fsp3) is 0. The van der Waals surface area contributed by atoms with Crippen LogP contribution in [0.3, 0.4) is 0 Å². The molecule has 2 aromatic rings. The number of sulfonamides is 1. The summed E-state index contributed by atoms with van der Waals surface area (Å²) in [6.07, 6.45) is 3.66. The lowest BCUT2D eigenvalue weighted by atomic mass is 10.2. The lowest BCUT2D eigenvalue weighted by molar-refractivity contribution is 0.0691. The van der Waals surface area contributed by atoms with E-state index in [0.29, 0.717) is 0 Å². The molecule has 0 fully saturated rings. The van der Waals surface area contributed by atoms with Crippen molar-refractivity contribution in [3.63, 3.8) is 0 Å². The average molecular weight is 332 g/mol. The SMILES string of the molecule is O=C(O)c1cc(Cl)cc(S(=O)(=O)Nc2cnccn2)c1F. The second-order valence-electron chi connectivity index (χ2n) is 3.77. The normalized spacial score (nSPS) is 11.1.